The average Bonchev–Trinajstić information content (AvgIpc) is 3.25. The Balaban J connectivity index is 1.62. The monoisotopic (exact) mass is 374 g/mol. The predicted molar refractivity (Wildman–Crippen MR) is 106 cm³/mol. The molecule has 0 saturated carbocycles. The normalized spacial score (nSPS) is 14.5. The zero-order chi connectivity index (χ0) is 18.9. The standard InChI is InChI=1S/C20H18N6O2/c27-18-12-19(25-8-10-28-11-9-25)22-20-15(2-1-3-16(18)20)17-13-26(24-23-17)14-4-6-21-7-5-14/h1-7,12-13H,8-11H2,(H,22,27). The van der Waals surface area contributed by atoms with Crippen LogP contribution in [0.1, 0.15) is 0 Å². The van der Waals surface area contributed by atoms with Crippen LogP contribution in [0.25, 0.3) is 27.8 Å². The second kappa shape index (κ2) is 6.90. The summed E-state index contributed by atoms with van der Waals surface area (Å²) in [5.41, 5.74) is 3.15. The molecule has 28 heavy (non-hydrogen) atoms. The van der Waals surface area contributed by atoms with Crippen LogP contribution < -0.4 is 10.3 Å². The van der Waals surface area contributed by atoms with E-state index in [1.165, 1.54) is 0 Å². The first-order valence-electron chi connectivity index (χ1n) is 9.11. The molecule has 1 fully saturated rings. The molecule has 8 nitrogen and oxygen atoms in total. The summed E-state index contributed by atoms with van der Waals surface area (Å²) in [4.78, 5) is 22.3. The van der Waals surface area contributed by atoms with Crippen LogP contribution in [0.2, 0.25) is 0 Å². The Morgan fingerprint density at radius 2 is 1.89 bits per heavy atom. The molecule has 1 saturated heterocycles. The van der Waals surface area contributed by atoms with Gasteiger partial charge in [0.2, 0.25) is 0 Å². The zero-order valence-corrected chi connectivity index (χ0v) is 15.1. The first-order chi connectivity index (χ1) is 13.8. The van der Waals surface area contributed by atoms with Gasteiger partial charge < -0.3 is 14.6 Å². The largest absolute Gasteiger partial charge is 0.378 e. The molecule has 5 rings (SSSR count). The van der Waals surface area contributed by atoms with Gasteiger partial charge in [0.1, 0.15) is 11.5 Å². The third-order valence-corrected chi connectivity index (χ3v) is 4.90. The summed E-state index contributed by atoms with van der Waals surface area (Å²) in [5.74, 6) is 0.801. The Morgan fingerprint density at radius 1 is 1.07 bits per heavy atom. The molecule has 1 aromatic carbocycles. The third kappa shape index (κ3) is 2.93. The van der Waals surface area contributed by atoms with Crippen LogP contribution in [0.5, 0.6) is 0 Å². The fraction of sp³-hybridized carbons (Fsp3) is 0.200. The van der Waals surface area contributed by atoms with Crippen molar-refractivity contribution >= 4 is 16.7 Å². The lowest BCUT2D eigenvalue weighted by Crippen LogP contribution is -2.37. The molecule has 0 amide bonds. The van der Waals surface area contributed by atoms with Crippen LogP contribution in [0.3, 0.4) is 0 Å². The molecule has 8 heteroatoms. The lowest BCUT2D eigenvalue weighted by atomic mass is 10.1. The van der Waals surface area contributed by atoms with E-state index in [-0.39, 0.29) is 5.43 Å². The number of hydrogen-bond acceptors (Lipinski definition) is 6. The van der Waals surface area contributed by atoms with Crippen LogP contribution in [0.4, 0.5) is 5.82 Å². The minimum absolute atomic E-state index is 0.0152. The van der Waals surface area contributed by atoms with E-state index in [0.29, 0.717) is 24.3 Å². The number of aromatic nitrogens is 5. The van der Waals surface area contributed by atoms with Crippen LogP contribution in [0.15, 0.2) is 59.8 Å². The fourth-order valence-electron chi connectivity index (χ4n) is 3.46. The lowest BCUT2D eigenvalue weighted by Gasteiger charge is -2.28. The fourth-order valence-corrected chi connectivity index (χ4v) is 3.46. The van der Waals surface area contributed by atoms with Gasteiger partial charge in [-0.3, -0.25) is 9.78 Å². The summed E-state index contributed by atoms with van der Waals surface area (Å²) in [6, 6.07) is 11.0. The van der Waals surface area contributed by atoms with Crippen molar-refractivity contribution in [3.05, 3.63) is 65.2 Å². The van der Waals surface area contributed by atoms with Crippen molar-refractivity contribution in [1.29, 1.82) is 0 Å². The van der Waals surface area contributed by atoms with E-state index in [2.05, 4.69) is 25.2 Å². The van der Waals surface area contributed by atoms with Gasteiger partial charge in [-0.25, -0.2) is 4.68 Å². The number of hydrogen-bond donors (Lipinski definition) is 1. The number of rotatable bonds is 3. The number of anilines is 1. The minimum Gasteiger partial charge on any atom is -0.378 e. The number of morpholine rings is 1. The smallest absolute Gasteiger partial charge is 0.191 e. The minimum atomic E-state index is -0.0152. The van der Waals surface area contributed by atoms with Gasteiger partial charge in [0.25, 0.3) is 0 Å². The quantitative estimate of drug-likeness (QED) is 0.590. The maximum absolute atomic E-state index is 12.7. The lowest BCUT2D eigenvalue weighted by molar-refractivity contribution is 0.122. The van der Waals surface area contributed by atoms with Gasteiger partial charge in [0, 0.05) is 42.5 Å². The molecule has 3 aromatic heterocycles. The van der Waals surface area contributed by atoms with Crippen LogP contribution in [-0.2, 0) is 4.74 Å². The summed E-state index contributed by atoms with van der Waals surface area (Å²) in [5, 5.41) is 9.18. The second-order valence-electron chi connectivity index (χ2n) is 6.60. The van der Waals surface area contributed by atoms with E-state index in [1.807, 2.05) is 36.5 Å². The molecule has 4 aromatic rings. The first-order valence-corrected chi connectivity index (χ1v) is 9.11. The molecule has 1 aliphatic rings. The van der Waals surface area contributed by atoms with Gasteiger partial charge in [-0.15, -0.1) is 5.10 Å². The molecule has 0 unspecified atom stereocenters. The van der Waals surface area contributed by atoms with E-state index >= 15 is 0 Å². The van der Waals surface area contributed by atoms with Crippen molar-refractivity contribution in [2.45, 2.75) is 0 Å². The molecule has 0 radical (unpaired) electrons. The van der Waals surface area contributed by atoms with E-state index in [9.17, 15) is 4.79 Å². The van der Waals surface area contributed by atoms with Crippen molar-refractivity contribution in [2.24, 2.45) is 0 Å². The Morgan fingerprint density at radius 3 is 2.71 bits per heavy atom. The molecule has 0 aliphatic carbocycles. The molecule has 0 bridgehead atoms. The van der Waals surface area contributed by atoms with Gasteiger partial charge in [0.05, 0.1) is 30.6 Å². The molecule has 140 valence electrons. The van der Waals surface area contributed by atoms with Gasteiger partial charge >= 0.3 is 0 Å². The summed E-state index contributed by atoms with van der Waals surface area (Å²) in [7, 11) is 0. The molecule has 0 atom stereocenters. The zero-order valence-electron chi connectivity index (χ0n) is 15.1. The maximum Gasteiger partial charge on any atom is 0.191 e. The number of aromatic amines is 1. The Labute approximate surface area is 160 Å². The Hall–Kier alpha value is -3.52. The van der Waals surface area contributed by atoms with Crippen molar-refractivity contribution in [2.75, 3.05) is 31.2 Å². The molecular formula is C20H18N6O2. The predicted octanol–water partition coefficient (Wildman–Crippen LogP) is 2.01. The van der Waals surface area contributed by atoms with Crippen molar-refractivity contribution in [3.63, 3.8) is 0 Å². The summed E-state index contributed by atoms with van der Waals surface area (Å²) in [6.45, 7) is 2.81. The average molecular weight is 374 g/mol. The number of nitrogens with zero attached hydrogens (tertiary/aromatic N) is 5. The van der Waals surface area contributed by atoms with Crippen molar-refractivity contribution in [1.82, 2.24) is 25.0 Å². The van der Waals surface area contributed by atoms with Crippen molar-refractivity contribution in [3.8, 4) is 16.9 Å². The highest BCUT2D eigenvalue weighted by atomic mass is 16.5. The molecule has 4 heterocycles. The van der Waals surface area contributed by atoms with Crippen molar-refractivity contribution < 1.29 is 4.74 Å². The van der Waals surface area contributed by atoms with Crippen LogP contribution in [0, 0.1) is 0 Å². The number of nitrogens with one attached hydrogen (secondary N) is 1. The molecular weight excluding hydrogens is 356 g/mol. The van der Waals surface area contributed by atoms with Crippen LogP contribution >= 0.6 is 0 Å². The van der Waals surface area contributed by atoms with Gasteiger partial charge in [-0.05, 0) is 18.2 Å². The second-order valence-corrected chi connectivity index (χ2v) is 6.60. The SMILES string of the molecule is O=c1cc(N2CCOCC2)[nH]c2c(-c3cn(-c4ccncc4)nn3)cccc12. The summed E-state index contributed by atoms with van der Waals surface area (Å²) < 4.78 is 7.11. The van der Waals surface area contributed by atoms with E-state index in [4.69, 9.17) is 4.74 Å². The topological polar surface area (TPSA) is 88.9 Å². The third-order valence-electron chi connectivity index (χ3n) is 4.90. The summed E-state index contributed by atoms with van der Waals surface area (Å²) in [6.07, 6.45) is 5.27. The number of H-pyrrole nitrogens is 1. The molecule has 1 N–H and O–H groups in total. The highest BCUT2D eigenvalue weighted by Crippen LogP contribution is 2.26. The van der Waals surface area contributed by atoms with E-state index < -0.39 is 0 Å². The summed E-state index contributed by atoms with van der Waals surface area (Å²) >= 11 is 0. The molecule has 0 spiro atoms. The number of fused-ring (bicyclic) bond motifs is 1. The van der Waals surface area contributed by atoms with Gasteiger partial charge in [-0.2, -0.15) is 0 Å². The Kier molecular flexibility index (Phi) is 4.10. The Bertz CT molecular complexity index is 1180. The highest BCUT2D eigenvalue weighted by Gasteiger charge is 2.16. The number of ether oxygens (including phenoxy) is 1. The van der Waals surface area contributed by atoms with E-state index in [0.717, 1.165) is 35.7 Å². The first kappa shape index (κ1) is 16.6. The maximum atomic E-state index is 12.7. The van der Waals surface area contributed by atoms with Crippen LogP contribution in [-0.4, -0.2) is 51.3 Å². The number of para-hydroxylation sites is 1. The number of pyridine rings is 2. The number of benzene rings is 1. The van der Waals surface area contributed by atoms with E-state index in [1.54, 1.807) is 23.1 Å². The highest BCUT2D eigenvalue weighted by molar-refractivity contribution is 5.93. The molecule has 1 aliphatic heterocycles. The van der Waals surface area contributed by atoms with Gasteiger partial charge in [0.15, 0.2) is 5.43 Å². The van der Waals surface area contributed by atoms with Gasteiger partial charge in [-0.1, -0.05) is 17.3 Å².